The van der Waals surface area contributed by atoms with Gasteiger partial charge in [0.2, 0.25) is 0 Å². The third kappa shape index (κ3) is 2.33. The van der Waals surface area contributed by atoms with Crippen molar-refractivity contribution in [1.82, 2.24) is 0 Å². The second kappa shape index (κ2) is 3.78. The molecule has 0 saturated heterocycles. The zero-order valence-electron chi connectivity index (χ0n) is 10.1. The zero-order chi connectivity index (χ0) is 11.9. The number of rotatable bonds is 2. The van der Waals surface area contributed by atoms with Gasteiger partial charge in [-0.15, -0.1) is 0 Å². The maximum Gasteiger partial charge on any atom is 0.307 e. The molecule has 1 saturated carbocycles. The summed E-state index contributed by atoms with van der Waals surface area (Å²) in [6.07, 6.45) is 1.76. The van der Waals surface area contributed by atoms with Crippen LogP contribution in [-0.2, 0) is 4.79 Å². The molecule has 2 N–H and O–H groups in total. The number of aliphatic carboxylic acids is 1. The Balaban J connectivity index is 2.85. The van der Waals surface area contributed by atoms with Gasteiger partial charge < -0.3 is 10.2 Å². The van der Waals surface area contributed by atoms with Gasteiger partial charge in [-0.25, -0.2) is 0 Å². The van der Waals surface area contributed by atoms with E-state index in [2.05, 4.69) is 0 Å². The minimum Gasteiger partial charge on any atom is -0.481 e. The summed E-state index contributed by atoms with van der Waals surface area (Å²) in [7, 11) is 0. The van der Waals surface area contributed by atoms with Crippen LogP contribution in [0, 0.1) is 17.3 Å². The molecule has 1 aliphatic carbocycles. The number of carboxylic acids is 1. The normalized spacial score (nSPS) is 35.5. The molecule has 0 unspecified atom stereocenters. The highest BCUT2D eigenvalue weighted by molar-refractivity contribution is 5.71. The highest BCUT2D eigenvalue weighted by Crippen LogP contribution is 2.47. The van der Waals surface area contributed by atoms with Crippen molar-refractivity contribution in [2.75, 3.05) is 0 Å². The van der Waals surface area contributed by atoms with Crippen LogP contribution in [0.25, 0.3) is 0 Å². The Morgan fingerprint density at radius 2 is 1.93 bits per heavy atom. The van der Waals surface area contributed by atoms with Crippen molar-refractivity contribution >= 4 is 5.97 Å². The molecule has 0 aromatic heterocycles. The van der Waals surface area contributed by atoms with Gasteiger partial charge in [0.05, 0.1) is 11.5 Å². The van der Waals surface area contributed by atoms with Crippen LogP contribution in [0.5, 0.6) is 0 Å². The monoisotopic (exact) mass is 214 g/mol. The van der Waals surface area contributed by atoms with Gasteiger partial charge in [0.15, 0.2) is 0 Å². The molecular weight excluding hydrogens is 192 g/mol. The van der Waals surface area contributed by atoms with Crippen LogP contribution in [0.2, 0.25) is 0 Å². The molecule has 0 amide bonds. The Kier molecular flexibility index (Phi) is 3.15. The van der Waals surface area contributed by atoms with E-state index in [1.54, 1.807) is 0 Å². The first-order valence-electron chi connectivity index (χ1n) is 5.64. The van der Waals surface area contributed by atoms with E-state index in [1.165, 1.54) is 0 Å². The van der Waals surface area contributed by atoms with E-state index in [-0.39, 0.29) is 17.3 Å². The van der Waals surface area contributed by atoms with E-state index < -0.39 is 11.6 Å². The van der Waals surface area contributed by atoms with Gasteiger partial charge in [0.1, 0.15) is 0 Å². The van der Waals surface area contributed by atoms with Crippen LogP contribution < -0.4 is 0 Å². The van der Waals surface area contributed by atoms with Crippen molar-refractivity contribution in [3.8, 4) is 0 Å². The molecule has 0 heterocycles. The molecule has 0 aromatic rings. The molecule has 0 aliphatic heterocycles. The van der Waals surface area contributed by atoms with Crippen LogP contribution in [-0.4, -0.2) is 21.8 Å². The molecule has 15 heavy (non-hydrogen) atoms. The van der Waals surface area contributed by atoms with Crippen molar-refractivity contribution in [2.45, 2.75) is 52.6 Å². The fourth-order valence-electron chi connectivity index (χ4n) is 2.74. The summed E-state index contributed by atoms with van der Waals surface area (Å²) >= 11 is 0. The average Bonchev–Trinajstić information content (AvgIpc) is 2.00. The molecule has 1 aliphatic rings. The summed E-state index contributed by atoms with van der Waals surface area (Å²) in [5, 5.41) is 19.5. The number of carboxylic acid groups (broad SMARTS) is 1. The maximum atomic E-state index is 11.1. The molecule has 3 heteroatoms. The minimum absolute atomic E-state index is 0.187. The van der Waals surface area contributed by atoms with Gasteiger partial charge in [0, 0.05) is 0 Å². The fourth-order valence-corrected chi connectivity index (χ4v) is 2.74. The lowest BCUT2D eigenvalue weighted by Crippen LogP contribution is -2.48. The molecule has 0 aromatic carbocycles. The van der Waals surface area contributed by atoms with Gasteiger partial charge in [-0.05, 0) is 30.6 Å². The third-order valence-electron chi connectivity index (χ3n) is 3.94. The molecule has 1 rings (SSSR count). The van der Waals surface area contributed by atoms with Gasteiger partial charge in [-0.3, -0.25) is 4.79 Å². The third-order valence-corrected chi connectivity index (χ3v) is 3.94. The number of aliphatic hydroxyl groups is 1. The highest BCUT2D eigenvalue weighted by atomic mass is 16.4. The lowest BCUT2D eigenvalue weighted by molar-refractivity contribution is -0.156. The fraction of sp³-hybridized carbons (Fsp3) is 0.917. The maximum absolute atomic E-state index is 11.1. The predicted molar refractivity (Wildman–Crippen MR) is 58.5 cm³/mol. The smallest absolute Gasteiger partial charge is 0.307 e. The first-order chi connectivity index (χ1) is 6.69. The van der Waals surface area contributed by atoms with E-state index in [0.29, 0.717) is 19.3 Å². The van der Waals surface area contributed by atoms with E-state index >= 15 is 0 Å². The van der Waals surface area contributed by atoms with Crippen LogP contribution >= 0.6 is 0 Å². The van der Waals surface area contributed by atoms with E-state index in [0.717, 1.165) is 0 Å². The summed E-state index contributed by atoms with van der Waals surface area (Å²) in [5.41, 5.74) is -1.00. The lowest BCUT2D eigenvalue weighted by Gasteiger charge is -2.47. The highest BCUT2D eigenvalue weighted by Gasteiger charge is 2.48. The van der Waals surface area contributed by atoms with Crippen molar-refractivity contribution in [3.05, 3.63) is 0 Å². The molecule has 88 valence electrons. The Bertz CT molecular complexity index is 258. The molecular formula is C12H22O3. The Morgan fingerprint density at radius 1 is 1.40 bits per heavy atom. The van der Waals surface area contributed by atoms with Gasteiger partial charge in [-0.2, -0.15) is 0 Å². The van der Waals surface area contributed by atoms with Crippen LogP contribution in [0.3, 0.4) is 0 Å². The van der Waals surface area contributed by atoms with Crippen molar-refractivity contribution in [3.63, 3.8) is 0 Å². The summed E-state index contributed by atoms with van der Waals surface area (Å²) in [4.78, 5) is 11.1. The summed E-state index contributed by atoms with van der Waals surface area (Å²) < 4.78 is 0. The Hall–Kier alpha value is -0.570. The van der Waals surface area contributed by atoms with Gasteiger partial charge >= 0.3 is 5.97 Å². The standard InChI is InChI=1S/C12H22O3/c1-8(2)12(15)6-5-9(10(13)14)11(3,4)7-12/h8-9,15H,5-7H2,1-4H3,(H,13,14)/t9-,12-/m0/s1. The van der Waals surface area contributed by atoms with Gasteiger partial charge in [0.25, 0.3) is 0 Å². The largest absolute Gasteiger partial charge is 0.481 e. The Morgan fingerprint density at radius 3 is 2.27 bits per heavy atom. The molecule has 1 fully saturated rings. The van der Waals surface area contributed by atoms with Crippen LogP contribution in [0.1, 0.15) is 47.0 Å². The van der Waals surface area contributed by atoms with Crippen molar-refractivity contribution in [1.29, 1.82) is 0 Å². The zero-order valence-corrected chi connectivity index (χ0v) is 10.1. The lowest BCUT2D eigenvalue weighted by atomic mass is 9.61. The number of hydrogen-bond donors (Lipinski definition) is 2. The SMILES string of the molecule is CC(C)[C@]1(O)CC[C@@H](C(=O)O)C(C)(C)C1. The summed E-state index contributed by atoms with van der Waals surface area (Å²) in [5.74, 6) is -0.867. The van der Waals surface area contributed by atoms with E-state index in [9.17, 15) is 9.90 Å². The Labute approximate surface area is 91.5 Å². The average molecular weight is 214 g/mol. The predicted octanol–water partition coefficient (Wildman–Crippen LogP) is 2.28. The van der Waals surface area contributed by atoms with Crippen molar-refractivity contribution in [2.24, 2.45) is 17.3 Å². The number of hydrogen-bond acceptors (Lipinski definition) is 2. The molecule has 3 nitrogen and oxygen atoms in total. The minimum atomic E-state index is -0.731. The van der Waals surface area contributed by atoms with E-state index in [1.807, 2.05) is 27.7 Å². The topological polar surface area (TPSA) is 57.5 Å². The summed E-state index contributed by atoms with van der Waals surface area (Å²) in [6.45, 7) is 7.88. The molecule has 0 bridgehead atoms. The van der Waals surface area contributed by atoms with Crippen LogP contribution in [0.4, 0.5) is 0 Å². The van der Waals surface area contributed by atoms with E-state index in [4.69, 9.17) is 5.11 Å². The second-order valence-electron chi connectivity index (χ2n) is 5.85. The van der Waals surface area contributed by atoms with Crippen molar-refractivity contribution < 1.29 is 15.0 Å². The summed E-state index contributed by atoms with van der Waals surface area (Å²) in [6, 6.07) is 0. The van der Waals surface area contributed by atoms with Crippen LogP contribution in [0.15, 0.2) is 0 Å². The first-order valence-corrected chi connectivity index (χ1v) is 5.64. The first kappa shape index (κ1) is 12.5. The molecule has 2 atom stereocenters. The molecule has 0 radical (unpaired) electrons. The van der Waals surface area contributed by atoms with Gasteiger partial charge in [-0.1, -0.05) is 27.7 Å². The quantitative estimate of drug-likeness (QED) is 0.741. The second-order valence-corrected chi connectivity index (χ2v) is 5.85. The molecule has 0 spiro atoms. The number of carbonyl (C=O) groups is 1.